The van der Waals surface area contributed by atoms with Crippen molar-refractivity contribution in [3.63, 3.8) is 0 Å². The van der Waals surface area contributed by atoms with Crippen molar-refractivity contribution in [1.82, 2.24) is 0 Å². The van der Waals surface area contributed by atoms with E-state index in [1.807, 2.05) is 6.92 Å². The van der Waals surface area contributed by atoms with Crippen molar-refractivity contribution in [3.8, 4) is 11.8 Å². The Morgan fingerprint density at radius 2 is 1.85 bits per heavy atom. The Labute approximate surface area is 193 Å². The first-order valence-corrected chi connectivity index (χ1v) is 9.90. The van der Waals surface area contributed by atoms with Crippen LogP contribution in [0.4, 0.5) is 11.4 Å². The van der Waals surface area contributed by atoms with Crippen molar-refractivity contribution in [2.75, 3.05) is 5.32 Å². The lowest BCUT2D eigenvalue weighted by atomic mass is 10.1. The molecule has 0 bridgehead atoms. The predicted octanol–water partition coefficient (Wildman–Crippen LogP) is 5.32. The number of anilines is 1. The van der Waals surface area contributed by atoms with E-state index in [1.165, 1.54) is 24.3 Å². The molecule has 164 valence electrons. The number of nitrogens with one attached hydrogen (secondary N) is 1. The van der Waals surface area contributed by atoms with Gasteiger partial charge in [-0.1, -0.05) is 41.4 Å². The SMILES string of the molecule is Cc1ccc(C(=O)Oc2cccc(/C=C(\C#N)C(=O)Nc3ccc(Cl)c([N+](=O)[O-])c3)c2)cc1. The van der Waals surface area contributed by atoms with Gasteiger partial charge >= 0.3 is 5.97 Å². The Hall–Kier alpha value is -4.48. The zero-order valence-corrected chi connectivity index (χ0v) is 18.0. The third-order valence-electron chi connectivity index (χ3n) is 4.43. The number of ether oxygens (including phenoxy) is 1. The van der Waals surface area contributed by atoms with Gasteiger partial charge in [0.1, 0.15) is 22.4 Å². The molecule has 0 radical (unpaired) electrons. The van der Waals surface area contributed by atoms with Crippen molar-refractivity contribution in [2.24, 2.45) is 0 Å². The fourth-order valence-electron chi connectivity index (χ4n) is 2.77. The normalized spacial score (nSPS) is 10.8. The number of aryl methyl sites for hydroxylation is 1. The van der Waals surface area contributed by atoms with E-state index in [1.54, 1.807) is 48.5 Å². The zero-order chi connectivity index (χ0) is 24.0. The summed E-state index contributed by atoms with van der Waals surface area (Å²) in [5.41, 5.74) is 1.32. The molecule has 0 saturated heterocycles. The second-order valence-electron chi connectivity index (χ2n) is 6.88. The van der Waals surface area contributed by atoms with Gasteiger partial charge in [-0.15, -0.1) is 0 Å². The average molecular weight is 462 g/mol. The number of benzene rings is 3. The molecule has 0 unspecified atom stereocenters. The van der Waals surface area contributed by atoms with Crippen molar-refractivity contribution < 1.29 is 19.2 Å². The Morgan fingerprint density at radius 1 is 1.12 bits per heavy atom. The van der Waals surface area contributed by atoms with Crippen LogP contribution in [0.2, 0.25) is 5.02 Å². The number of amides is 1. The Balaban J connectivity index is 1.77. The zero-order valence-electron chi connectivity index (χ0n) is 17.2. The van der Waals surface area contributed by atoms with Crippen molar-refractivity contribution >= 4 is 40.9 Å². The highest BCUT2D eigenvalue weighted by Gasteiger charge is 2.16. The molecule has 0 atom stereocenters. The number of nitro groups is 1. The molecule has 0 saturated carbocycles. The van der Waals surface area contributed by atoms with Gasteiger partial charge in [-0.05, 0) is 55.0 Å². The van der Waals surface area contributed by atoms with Crippen LogP contribution in [0.15, 0.2) is 72.3 Å². The maximum atomic E-state index is 12.5. The summed E-state index contributed by atoms with van der Waals surface area (Å²) >= 11 is 5.77. The molecular formula is C24H16ClN3O5. The van der Waals surface area contributed by atoms with Gasteiger partial charge in [0.2, 0.25) is 0 Å². The molecule has 3 aromatic rings. The van der Waals surface area contributed by atoms with Crippen LogP contribution in [0.5, 0.6) is 5.75 Å². The van der Waals surface area contributed by atoms with E-state index in [9.17, 15) is 25.0 Å². The number of carbonyl (C=O) groups is 2. The molecule has 0 aliphatic rings. The van der Waals surface area contributed by atoms with Crippen LogP contribution < -0.4 is 10.1 Å². The van der Waals surface area contributed by atoms with Gasteiger partial charge in [-0.2, -0.15) is 5.26 Å². The summed E-state index contributed by atoms with van der Waals surface area (Å²) in [4.78, 5) is 35.1. The molecule has 0 aliphatic heterocycles. The first kappa shape index (κ1) is 23.2. The van der Waals surface area contributed by atoms with Crippen molar-refractivity contribution in [2.45, 2.75) is 6.92 Å². The van der Waals surface area contributed by atoms with E-state index >= 15 is 0 Å². The molecule has 1 N–H and O–H groups in total. The quantitative estimate of drug-likeness (QED) is 0.132. The van der Waals surface area contributed by atoms with Crippen LogP contribution >= 0.6 is 11.6 Å². The van der Waals surface area contributed by atoms with E-state index in [0.717, 1.165) is 11.6 Å². The Kier molecular flexibility index (Phi) is 7.18. The number of nitro benzene ring substituents is 1. The lowest BCUT2D eigenvalue weighted by Crippen LogP contribution is -2.13. The number of carbonyl (C=O) groups excluding carboxylic acids is 2. The molecule has 0 aromatic heterocycles. The van der Waals surface area contributed by atoms with Gasteiger partial charge < -0.3 is 10.1 Å². The molecule has 33 heavy (non-hydrogen) atoms. The molecule has 8 nitrogen and oxygen atoms in total. The second kappa shape index (κ2) is 10.2. The number of halogens is 1. The van der Waals surface area contributed by atoms with Gasteiger partial charge in [0, 0.05) is 11.8 Å². The van der Waals surface area contributed by atoms with Crippen LogP contribution in [-0.4, -0.2) is 16.8 Å². The number of nitriles is 1. The number of rotatable bonds is 6. The summed E-state index contributed by atoms with van der Waals surface area (Å²) in [6.45, 7) is 1.90. The van der Waals surface area contributed by atoms with E-state index in [4.69, 9.17) is 16.3 Å². The maximum Gasteiger partial charge on any atom is 0.343 e. The summed E-state index contributed by atoms with van der Waals surface area (Å²) in [5, 5.41) is 22.8. The Morgan fingerprint density at radius 3 is 2.52 bits per heavy atom. The molecule has 3 aromatic carbocycles. The van der Waals surface area contributed by atoms with Crippen molar-refractivity contribution in [3.05, 3.63) is 104 Å². The second-order valence-corrected chi connectivity index (χ2v) is 7.28. The van der Waals surface area contributed by atoms with E-state index in [0.29, 0.717) is 11.1 Å². The number of hydrogen-bond donors (Lipinski definition) is 1. The monoisotopic (exact) mass is 461 g/mol. The first-order chi connectivity index (χ1) is 15.8. The molecule has 0 heterocycles. The largest absolute Gasteiger partial charge is 0.423 e. The average Bonchev–Trinajstić information content (AvgIpc) is 2.79. The van der Waals surface area contributed by atoms with E-state index in [2.05, 4.69) is 5.32 Å². The third-order valence-corrected chi connectivity index (χ3v) is 4.75. The summed E-state index contributed by atoms with van der Waals surface area (Å²) in [6.07, 6.45) is 1.31. The minimum Gasteiger partial charge on any atom is -0.423 e. The van der Waals surface area contributed by atoms with Crippen LogP contribution in [0.1, 0.15) is 21.5 Å². The molecular weight excluding hydrogens is 446 g/mol. The van der Waals surface area contributed by atoms with Crippen LogP contribution in [0.3, 0.4) is 0 Å². The molecule has 3 rings (SSSR count). The lowest BCUT2D eigenvalue weighted by molar-refractivity contribution is -0.384. The van der Waals surface area contributed by atoms with Gasteiger partial charge in [0.05, 0.1) is 10.5 Å². The smallest absolute Gasteiger partial charge is 0.343 e. The molecule has 0 fully saturated rings. The highest BCUT2D eigenvalue weighted by atomic mass is 35.5. The number of nitrogens with zero attached hydrogens (tertiary/aromatic N) is 2. The minimum absolute atomic E-state index is 0.0777. The summed E-state index contributed by atoms with van der Waals surface area (Å²) in [7, 11) is 0. The fourth-order valence-corrected chi connectivity index (χ4v) is 2.95. The van der Waals surface area contributed by atoms with E-state index < -0.39 is 16.8 Å². The molecule has 9 heteroatoms. The van der Waals surface area contributed by atoms with Crippen molar-refractivity contribution in [1.29, 1.82) is 5.26 Å². The van der Waals surface area contributed by atoms with Crippen LogP contribution in [-0.2, 0) is 4.79 Å². The third kappa shape index (κ3) is 6.03. The van der Waals surface area contributed by atoms with Gasteiger partial charge in [-0.25, -0.2) is 4.79 Å². The van der Waals surface area contributed by atoms with Gasteiger partial charge in [0.15, 0.2) is 0 Å². The fraction of sp³-hybridized carbons (Fsp3) is 0.0417. The maximum absolute atomic E-state index is 12.5. The number of esters is 1. The van der Waals surface area contributed by atoms with Crippen LogP contribution in [0.25, 0.3) is 6.08 Å². The minimum atomic E-state index is -0.767. The molecule has 1 amide bonds. The molecule has 0 aliphatic carbocycles. The lowest BCUT2D eigenvalue weighted by Gasteiger charge is -2.07. The Bertz CT molecular complexity index is 1310. The first-order valence-electron chi connectivity index (χ1n) is 9.53. The molecule has 0 spiro atoms. The standard InChI is InChI=1S/C24H16ClN3O5/c1-15-5-7-17(8-6-15)24(30)33-20-4-2-3-16(12-20)11-18(14-26)23(29)27-19-9-10-21(25)22(13-19)28(31)32/h2-13H,1H3,(H,27,29)/b18-11+. The predicted molar refractivity (Wildman–Crippen MR) is 123 cm³/mol. The van der Waals surface area contributed by atoms with Crippen LogP contribution in [0, 0.1) is 28.4 Å². The van der Waals surface area contributed by atoms with Gasteiger partial charge in [0.25, 0.3) is 11.6 Å². The summed E-state index contributed by atoms with van der Waals surface area (Å²) in [5.74, 6) is -1.07. The highest BCUT2D eigenvalue weighted by Crippen LogP contribution is 2.27. The topological polar surface area (TPSA) is 122 Å². The van der Waals surface area contributed by atoms with Gasteiger partial charge in [-0.3, -0.25) is 14.9 Å². The number of hydrogen-bond acceptors (Lipinski definition) is 6. The van der Waals surface area contributed by atoms with E-state index in [-0.39, 0.29) is 27.7 Å². The highest BCUT2D eigenvalue weighted by molar-refractivity contribution is 6.32. The summed E-state index contributed by atoms with van der Waals surface area (Å²) in [6, 6.07) is 18.8. The summed E-state index contributed by atoms with van der Waals surface area (Å²) < 4.78 is 5.37.